The average molecular weight is 255 g/mol. The van der Waals surface area contributed by atoms with Crippen molar-refractivity contribution < 1.29 is 4.39 Å². The summed E-state index contributed by atoms with van der Waals surface area (Å²) in [7, 11) is 0. The van der Waals surface area contributed by atoms with Crippen LogP contribution in [0.4, 0.5) is 9.52 Å². The Kier molecular flexibility index (Phi) is 3.31. The van der Waals surface area contributed by atoms with Crippen LogP contribution in [0, 0.1) is 9.77 Å². The van der Waals surface area contributed by atoms with E-state index in [4.69, 9.17) is 12.2 Å². The zero-order valence-electron chi connectivity index (χ0n) is 8.53. The van der Waals surface area contributed by atoms with Crippen LogP contribution in [-0.2, 0) is 0 Å². The molecule has 1 aromatic heterocycles. The summed E-state index contributed by atoms with van der Waals surface area (Å²) >= 11 is 6.28. The van der Waals surface area contributed by atoms with Gasteiger partial charge in [-0.25, -0.2) is 4.39 Å². The Hall–Kier alpha value is -1.27. The third kappa shape index (κ3) is 2.65. The average Bonchev–Trinajstić information content (AvgIpc) is 2.64. The van der Waals surface area contributed by atoms with Crippen molar-refractivity contribution >= 4 is 28.7 Å². The van der Waals surface area contributed by atoms with E-state index in [1.54, 1.807) is 6.07 Å². The van der Waals surface area contributed by atoms with Gasteiger partial charge in [-0.15, -0.1) is 5.10 Å². The van der Waals surface area contributed by atoms with E-state index in [1.807, 2.05) is 13.0 Å². The first-order chi connectivity index (χ1) is 7.65. The van der Waals surface area contributed by atoms with Crippen molar-refractivity contribution in [3.05, 3.63) is 39.6 Å². The molecule has 2 rings (SSSR count). The minimum atomic E-state index is -0.235. The molecule has 0 aliphatic rings. The highest BCUT2D eigenvalue weighted by atomic mass is 32.1. The fourth-order valence-corrected chi connectivity index (χ4v) is 2.21. The summed E-state index contributed by atoms with van der Waals surface area (Å²) in [6, 6.07) is 6.48. The van der Waals surface area contributed by atoms with E-state index < -0.39 is 0 Å². The predicted octanol–water partition coefficient (Wildman–Crippen LogP) is 3.51. The summed E-state index contributed by atoms with van der Waals surface area (Å²) in [6.07, 6.45) is 0. The van der Waals surface area contributed by atoms with Crippen LogP contribution in [-0.4, -0.2) is 10.2 Å². The van der Waals surface area contributed by atoms with E-state index in [-0.39, 0.29) is 11.9 Å². The molecule has 3 nitrogen and oxygen atoms in total. The zero-order valence-corrected chi connectivity index (χ0v) is 10.2. The van der Waals surface area contributed by atoms with Crippen LogP contribution in [0.3, 0.4) is 0 Å². The molecule has 0 amide bonds. The molecule has 84 valence electrons. The van der Waals surface area contributed by atoms with Crippen molar-refractivity contribution in [1.29, 1.82) is 0 Å². The predicted molar refractivity (Wildman–Crippen MR) is 65.7 cm³/mol. The molecule has 1 aromatic carbocycles. The summed E-state index contributed by atoms with van der Waals surface area (Å²) < 4.78 is 13.6. The lowest BCUT2D eigenvalue weighted by molar-refractivity contribution is 0.623. The minimum absolute atomic E-state index is 0.00958. The van der Waals surface area contributed by atoms with Gasteiger partial charge in [0, 0.05) is 0 Å². The summed E-state index contributed by atoms with van der Waals surface area (Å²) in [5.41, 5.74) is 0.876. The third-order valence-corrected chi connectivity index (χ3v) is 3.15. The van der Waals surface area contributed by atoms with Crippen molar-refractivity contribution in [1.82, 2.24) is 10.2 Å². The van der Waals surface area contributed by atoms with Gasteiger partial charge in [0.15, 0.2) is 3.95 Å². The van der Waals surface area contributed by atoms with Gasteiger partial charge in [-0.05, 0) is 36.8 Å². The van der Waals surface area contributed by atoms with Gasteiger partial charge in [-0.1, -0.05) is 23.5 Å². The molecule has 6 heteroatoms. The van der Waals surface area contributed by atoms with Crippen LogP contribution in [0.25, 0.3) is 0 Å². The molecule has 2 aromatic rings. The number of halogens is 1. The Labute approximate surface area is 101 Å². The van der Waals surface area contributed by atoms with Crippen LogP contribution < -0.4 is 5.32 Å². The number of H-pyrrole nitrogens is 1. The van der Waals surface area contributed by atoms with Crippen molar-refractivity contribution in [3.63, 3.8) is 0 Å². The SMILES string of the molecule is CC(Nc1n[nH]c(=S)s1)c1cccc(F)c1. The third-order valence-electron chi connectivity index (χ3n) is 2.13. The highest BCUT2D eigenvalue weighted by Gasteiger charge is 2.07. The Morgan fingerprint density at radius 3 is 3.00 bits per heavy atom. The lowest BCUT2D eigenvalue weighted by Gasteiger charge is -2.12. The zero-order chi connectivity index (χ0) is 11.5. The Morgan fingerprint density at radius 1 is 1.56 bits per heavy atom. The molecule has 0 aliphatic carbocycles. The molecule has 1 atom stereocenters. The maximum Gasteiger partial charge on any atom is 0.204 e. The maximum absolute atomic E-state index is 13.0. The number of aromatic nitrogens is 2. The summed E-state index contributed by atoms with van der Waals surface area (Å²) in [5, 5.41) is 10.5. The molecule has 0 fully saturated rings. The summed E-state index contributed by atoms with van der Waals surface area (Å²) in [4.78, 5) is 0. The molecule has 0 radical (unpaired) electrons. The Morgan fingerprint density at radius 2 is 2.38 bits per heavy atom. The highest BCUT2D eigenvalue weighted by Crippen LogP contribution is 2.20. The normalized spacial score (nSPS) is 12.4. The number of benzene rings is 1. The van der Waals surface area contributed by atoms with Crippen molar-refractivity contribution in [2.45, 2.75) is 13.0 Å². The van der Waals surface area contributed by atoms with Gasteiger partial charge in [-0.3, -0.25) is 5.10 Å². The Balaban J connectivity index is 2.14. The van der Waals surface area contributed by atoms with Gasteiger partial charge in [0.1, 0.15) is 5.82 Å². The van der Waals surface area contributed by atoms with Crippen LogP contribution >= 0.6 is 23.6 Å². The van der Waals surface area contributed by atoms with Gasteiger partial charge in [0.2, 0.25) is 5.13 Å². The summed E-state index contributed by atoms with van der Waals surface area (Å²) in [6.45, 7) is 1.94. The second-order valence-electron chi connectivity index (χ2n) is 3.34. The van der Waals surface area contributed by atoms with Gasteiger partial charge in [-0.2, -0.15) is 0 Å². The smallest absolute Gasteiger partial charge is 0.204 e. The monoisotopic (exact) mass is 255 g/mol. The molecular weight excluding hydrogens is 245 g/mol. The number of rotatable bonds is 3. The first kappa shape index (κ1) is 11.2. The Bertz CT molecular complexity index is 535. The number of hydrogen-bond donors (Lipinski definition) is 2. The molecule has 0 saturated heterocycles. The quantitative estimate of drug-likeness (QED) is 0.825. The van der Waals surface area contributed by atoms with E-state index in [0.717, 1.165) is 5.56 Å². The number of anilines is 1. The molecular formula is C10H10FN3S2. The number of hydrogen-bond acceptors (Lipinski definition) is 4. The van der Waals surface area contributed by atoms with E-state index >= 15 is 0 Å². The minimum Gasteiger partial charge on any atom is -0.354 e. The second-order valence-corrected chi connectivity index (χ2v) is 5.01. The van der Waals surface area contributed by atoms with E-state index in [9.17, 15) is 4.39 Å². The van der Waals surface area contributed by atoms with Crippen LogP contribution in [0.2, 0.25) is 0 Å². The number of nitrogens with one attached hydrogen (secondary N) is 2. The fourth-order valence-electron chi connectivity index (χ4n) is 1.34. The van der Waals surface area contributed by atoms with Crippen LogP contribution in [0.15, 0.2) is 24.3 Å². The standard InChI is InChI=1S/C10H10FN3S2/c1-6(7-3-2-4-8(11)5-7)12-9-13-14-10(15)16-9/h2-6H,1H3,(H,12,13)(H,14,15). The lowest BCUT2D eigenvalue weighted by atomic mass is 10.1. The number of aromatic amines is 1. The molecule has 0 aliphatic heterocycles. The number of nitrogens with zero attached hydrogens (tertiary/aromatic N) is 1. The topological polar surface area (TPSA) is 40.7 Å². The van der Waals surface area contributed by atoms with E-state index in [1.165, 1.54) is 23.5 Å². The van der Waals surface area contributed by atoms with Gasteiger partial charge >= 0.3 is 0 Å². The molecule has 0 spiro atoms. The molecule has 1 unspecified atom stereocenters. The molecule has 0 saturated carbocycles. The van der Waals surface area contributed by atoms with Crippen molar-refractivity contribution in [3.8, 4) is 0 Å². The largest absolute Gasteiger partial charge is 0.354 e. The molecule has 2 N–H and O–H groups in total. The van der Waals surface area contributed by atoms with Gasteiger partial charge < -0.3 is 5.32 Å². The van der Waals surface area contributed by atoms with Gasteiger partial charge in [0.25, 0.3) is 0 Å². The molecule has 0 bridgehead atoms. The second kappa shape index (κ2) is 4.71. The van der Waals surface area contributed by atoms with E-state index in [0.29, 0.717) is 9.09 Å². The lowest BCUT2D eigenvalue weighted by Crippen LogP contribution is -2.06. The van der Waals surface area contributed by atoms with Gasteiger partial charge in [0.05, 0.1) is 6.04 Å². The van der Waals surface area contributed by atoms with Crippen molar-refractivity contribution in [2.24, 2.45) is 0 Å². The fraction of sp³-hybridized carbons (Fsp3) is 0.200. The summed E-state index contributed by atoms with van der Waals surface area (Å²) in [5.74, 6) is -0.235. The first-order valence-electron chi connectivity index (χ1n) is 4.72. The van der Waals surface area contributed by atoms with Crippen molar-refractivity contribution in [2.75, 3.05) is 5.32 Å². The molecule has 1 heterocycles. The maximum atomic E-state index is 13.0. The first-order valence-corrected chi connectivity index (χ1v) is 5.95. The van der Waals surface area contributed by atoms with Crippen LogP contribution in [0.5, 0.6) is 0 Å². The molecule has 16 heavy (non-hydrogen) atoms. The van der Waals surface area contributed by atoms with E-state index in [2.05, 4.69) is 15.5 Å². The highest BCUT2D eigenvalue weighted by molar-refractivity contribution is 7.73. The van der Waals surface area contributed by atoms with Crippen LogP contribution in [0.1, 0.15) is 18.5 Å².